The molecule has 0 atom stereocenters. The number of hydrogen-bond acceptors (Lipinski definition) is 5. The SMILES string of the molecule is CCN1CCN(CCCNC(=O)c2nn(-c3cccc(Cl)c3)nc2C)CC1. The predicted molar refractivity (Wildman–Crippen MR) is 107 cm³/mol. The summed E-state index contributed by atoms with van der Waals surface area (Å²) in [5.74, 6) is -0.184. The Hall–Kier alpha value is -1.96. The van der Waals surface area contributed by atoms with Crippen LogP contribution >= 0.6 is 11.6 Å². The van der Waals surface area contributed by atoms with Gasteiger partial charge in [0.2, 0.25) is 0 Å². The quantitative estimate of drug-likeness (QED) is 0.732. The molecule has 27 heavy (non-hydrogen) atoms. The minimum Gasteiger partial charge on any atom is -0.351 e. The Morgan fingerprint density at radius 1 is 1.19 bits per heavy atom. The summed E-state index contributed by atoms with van der Waals surface area (Å²) >= 11 is 6.01. The van der Waals surface area contributed by atoms with E-state index in [9.17, 15) is 4.79 Å². The van der Waals surface area contributed by atoms with E-state index in [1.54, 1.807) is 19.1 Å². The molecule has 1 aliphatic rings. The highest BCUT2D eigenvalue weighted by atomic mass is 35.5. The van der Waals surface area contributed by atoms with E-state index < -0.39 is 0 Å². The maximum atomic E-state index is 12.4. The van der Waals surface area contributed by atoms with Gasteiger partial charge in [-0.25, -0.2) is 0 Å². The molecule has 1 aromatic heterocycles. The van der Waals surface area contributed by atoms with Crippen molar-refractivity contribution >= 4 is 17.5 Å². The number of amides is 1. The van der Waals surface area contributed by atoms with Crippen LogP contribution in [0, 0.1) is 6.92 Å². The summed E-state index contributed by atoms with van der Waals surface area (Å²) in [4.78, 5) is 18.8. The molecule has 1 amide bonds. The maximum Gasteiger partial charge on any atom is 0.273 e. The Kier molecular flexibility index (Phi) is 6.82. The number of aryl methyl sites for hydroxylation is 1. The monoisotopic (exact) mass is 390 g/mol. The van der Waals surface area contributed by atoms with Crippen LogP contribution in [-0.4, -0.2) is 76.5 Å². The number of likely N-dealkylation sites (N-methyl/N-ethyl adjacent to an activating group) is 1. The van der Waals surface area contributed by atoms with Crippen molar-refractivity contribution in [2.75, 3.05) is 45.8 Å². The highest BCUT2D eigenvalue weighted by Gasteiger charge is 2.17. The lowest BCUT2D eigenvalue weighted by atomic mass is 10.3. The van der Waals surface area contributed by atoms with Crippen LogP contribution in [0.15, 0.2) is 24.3 Å². The zero-order valence-electron chi connectivity index (χ0n) is 16.0. The molecule has 0 saturated carbocycles. The van der Waals surface area contributed by atoms with Crippen molar-refractivity contribution in [2.24, 2.45) is 0 Å². The van der Waals surface area contributed by atoms with Crippen molar-refractivity contribution in [3.63, 3.8) is 0 Å². The fourth-order valence-corrected chi connectivity index (χ4v) is 3.41. The van der Waals surface area contributed by atoms with Gasteiger partial charge in [-0.3, -0.25) is 4.79 Å². The van der Waals surface area contributed by atoms with Gasteiger partial charge < -0.3 is 15.1 Å². The standard InChI is InChI=1S/C19H27ClN6O/c1-3-24-10-12-25(13-11-24)9-5-8-21-19(27)18-15(2)22-26(23-18)17-7-4-6-16(20)14-17/h4,6-7,14H,3,5,8-13H2,1-2H3,(H,21,27). The van der Waals surface area contributed by atoms with E-state index >= 15 is 0 Å². The molecule has 3 rings (SSSR count). The molecule has 2 aromatic rings. The van der Waals surface area contributed by atoms with Crippen LogP contribution < -0.4 is 5.32 Å². The largest absolute Gasteiger partial charge is 0.351 e. The first-order chi connectivity index (χ1) is 13.1. The fraction of sp³-hybridized carbons (Fsp3) is 0.526. The molecule has 146 valence electrons. The third-order valence-corrected chi connectivity index (χ3v) is 5.12. The number of aromatic nitrogens is 3. The molecule has 0 unspecified atom stereocenters. The first kappa shape index (κ1) is 19.8. The molecule has 0 radical (unpaired) electrons. The van der Waals surface area contributed by atoms with Gasteiger partial charge in [0.25, 0.3) is 5.91 Å². The summed E-state index contributed by atoms with van der Waals surface area (Å²) in [6.45, 7) is 11.2. The Balaban J connectivity index is 1.47. The minimum atomic E-state index is -0.184. The Morgan fingerprint density at radius 2 is 1.93 bits per heavy atom. The van der Waals surface area contributed by atoms with Gasteiger partial charge in [-0.05, 0) is 44.6 Å². The summed E-state index contributed by atoms with van der Waals surface area (Å²) in [5.41, 5.74) is 1.69. The number of halogens is 1. The topological polar surface area (TPSA) is 66.3 Å². The number of carbonyl (C=O) groups excluding carboxylic acids is 1. The van der Waals surface area contributed by atoms with Crippen LogP contribution in [0.25, 0.3) is 5.69 Å². The van der Waals surface area contributed by atoms with Gasteiger partial charge in [-0.2, -0.15) is 9.90 Å². The fourth-order valence-electron chi connectivity index (χ4n) is 3.22. The molecular formula is C19H27ClN6O. The van der Waals surface area contributed by atoms with Gasteiger partial charge in [-0.1, -0.05) is 24.6 Å². The van der Waals surface area contributed by atoms with E-state index in [-0.39, 0.29) is 5.91 Å². The van der Waals surface area contributed by atoms with Crippen LogP contribution in [0.5, 0.6) is 0 Å². The lowest BCUT2D eigenvalue weighted by Crippen LogP contribution is -2.46. The number of rotatable bonds is 7. The lowest BCUT2D eigenvalue weighted by Gasteiger charge is -2.33. The van der Waals surface area contributed by atoms with Gasteiger partial charge in [0.15, 0.2) is 5.69 Å². The number of nitrogens with one attached hydrogen (secondary N) is 1. The second kappa shape index (κ2) is 9.30. The summed E-state index contributed by atoms with van der Waals surface area (Å²) in [6.07, 6.45) is 0.930. The Bertz CT molecular complexity index is 769. The molecule has 1 aliphatic heterocycles. The van der Waals surface area contributed by atoms with Crippen molar-refractivity contribution in [1.29, 1.82) is 0 Å². The van der Waals surface area contributed by atoms with E-state index in [1.807, 2.05) is 12.1 Å². The molecule has 0 aliphatic carbocycles. The van der Waals surface area contributed by atoms with Gasteiger partial charge >= 0.3 is 0 Å². The highest BCUT2D eigenvalue weighted by molar-refractivity contribution is 6.30. The molecular weight excluding hydrogens is 364 g/mol. The molecule has 1 N–H and O–H groups in total. The van der Waals surface area contributed by atoms with E-state index in [0.29, 0.717) is 23.0 Å². The van der Waals surface area contributed by atoms with Crippen LogP contribution in [0.3, 0.4) is 0 Å². The molecule has 7 nitrogen and oxygen atoms in total. The first-order valence-corrected chi connectivity index (χ1v) is 9.87. The molecule has 2 heterocycles. The third kappa shape index (κ3) is 5.28. The van der Waals surface area contributed by atoms with Crippen LogP contribution in [0.4, 0.5) is 0 Å². The summed E-state index contributed by atoms with van der Waals surface area (Å²) in [7, 11) is 0. The van der Waals surface area contributed by atoms with E-state index in [2.05, 4.69) is 32.2 Å². The number of piperazine rings is 1. The molecule has 1 saturated heterocycles. The smallest absolute Gasteiger partial charge is 0.273 e. The molecule has 8 heteroatoms. The second-order valence-electron chi connectivity index (χ2n) is 6.79. The van der Waals surface area contributed by atoms with Crippen LogP contribution in [0.2, 0.25) is 5.02 Å². The lowest BCUT2D eigenvalue weighted by molar-refractivity contribution is 0.0942. The Labute approximate surface area is 165 Å². The molecule has 1 aromatic carbocycles. The van der Waals surface area contributed by atoms with Crippen molar-refractivity contribution in [3.05, 3.63) is 40.7 Å². The Morgan fingerprint density at radius 3 is 2.63 bits per heavy atom. The average Bonchev–Trinajstić information content (AvgIpc) is 3.07. The van der Waals surface area contributed by atoms with Gasteiger partial charge in [0, 0.05) is 37.7 Å². The van der Waals surface area contributed by atoms with E-state index in [1.165, 1.54) is 4.80 Å². The minimum absolute atomic E-state index is 0.184. The number of nitrogens with zero attached hydrogens (tertiary/aromatic N) is 5. The summed E-state index contributed by atoms with van der Waals surface area (Å²) in [6, 6.07) is 7.24. The average molecular weight is 391 g/mol. The maximum absolute atomic E-state index is 12.4. The van der Waals surface area contributed by atoms with Crippen molar-refractivity contribution < 1.29 is 4.79 Å². The van der Waals surface area contributed by atoms with Crippen LogP contribution in [-0.2, 0) is 0 Å². The van der Waals surface area contributed by atoms with E-state index in [4.69, 9.17) is 11.6 Å². The van der Waals surface area contributed by atoms with Crippen molar-refractivity contribution in [1.82, 2.24) is 30.1 Å². The molecule has 0 bridgehead atoms. The van der Waals surface area contributed by atoms with Crippen LogP contribution in [0.1, 0.15) is 29.5 Å². The third-order valence-electron chi connectivity index (χ3n) is 4.89. The first-order valence-electron chi connectivity index (χ1n) is 9.49. The number of benzene rings is 1. The van der Waals surface area contributed by atoms with Crippen molar-refractivity contribution in [3.8, 4) is 5.69 Å². The van der Waals surface area contributed by atoms with E-state index in [0.717, 1.165) is 51.4 Å². The van der Waals surface area contributed by atoms with Gasteiger partial charge in [0.05, 0.1) is 11.4 Å². The zero-order valence-corrected chi connectivity index (χ0v) is 16.7. The molecule has 0 spiro atoms. The second-order valence-corrected chi connectivity index (χ2v) is 7.23. The zero-order chi connectivity index (χ0) is 19.2. The summed E-state index contributed by atoms with van der Waals surface area (Å²) < 4.78 is 0. The summed E-state index contributed by atoms with van der Waals surface area (Å²) in [5, 5.41) is 12.2. The molecule has 1 fully saturated rings. The predicted octanol–water partition coefficient (Wildman–Crippen LogP) is 1.99. The van der Waals surface area contributed by atoms with Gasteiger partial charge in [0.1, 0.15) is 0 Å². The highest BCUT2D eigenvalue weighted by Crippen LogP contribution is 2.14. The number of hydrogen-bond donors (Lipinski definition) is 1. The van der Waals surface area contributed by atoms with Crippen molar-refractivity contribution in [2.45, 2.75) is 20.3 Å². The number of carbonyl (C=O) groups is 1. The van der Waals surface area contributed by atoms with Gasteiger partial charge in [-0.15, -0.1) is 5.10 Å². The normalized spacial score (nSPS) is 15.8.